The second-order valence-electron chi connectivity index (χ2n) is 6.06. The molecule has 0 atom stereocenters. The lowest BCUT2D eigenvalue weighted by molar-refractivity contribution is -0.121. The Morgan fingerprint density at radius 1 is 0.963 bits per heavy atom. The van der Waals surface area contributed by atoms with E-state index in [1.807, 2.05) is 54.6 Å². The molecule has 0 radical (unpaired) electrons. The van der Waals surface area contributed by atoms with E-state index in [1.165, 1.54) is 6.20 Å². The van der Waals surface area contributed by atoms with Crippen molar-refractivity contribution in [3.63, 3.8) is 0 Å². The molecular weight excluding hydrogens is 342 g/mol. The van der Waals surface area contributed by atoms with Gasteiger partial charge in [0.2, 0.25) is 5.91 Å². The summed E-state index contributed by atoms with van der Waals surface area (Å²) in [6, 6.07) is 17.1. The normalized spacial score (nSPS) is 10.7. The number of fused-ring (bicyclic) bond motifs is 1. The molecule has 0 unspecified atom stereocenters. The molecule has 0 aliphatic heterocycles. The highest BCUT2D eigenvalue weighted by molar-refractivity contribution is 6.00. The van der Waals surface area contributed by atoms with Gasteiger partial charge in [-0.05, 0) is 11.6 Å². The number of H-pyrrole nitrogens is 2. The first kappa shape index (κ1) is 16.6. The van der Waals surface area contributed by atoms with E-state index in [4.69, 9.17) is 0 Å². The van der Waals surface area contributed by atoms with Crippen LogP contribution in [0.3, 0.4) is 0 Å². The number of hydrogen-bond donors (Lipinski definition) is 4. The number of amides is 2. The van der Waals surface area contributed by atoms with Gasteiger partial charge in [-0.1, -0.05) is 48.5 Å². The Hall–Kier alpha value is -3.87. The van der Waals surface area contributed by atoms with E-state index in [-0.39, 0.29) is 12.3 Å². The number of hydrogen-bond acceptors (Lipinski definition) is 3. The molecule has 0 aliphatic carbocycles. The van der Waals surface area contributed by atoms with Crippen molar-refractivity contribution < 1.29 is 9.59 Å². The van der Waals surface area contributed by atoms with Crippen LogP contribution in [0.25, 0.3) is 22.2 Å². The van der Waals surface area contributed by atoms with Crippen molar-refractivity contribution >= 4 is 22.7 Å². The van der Waals surface area contributed by atoms with Gasteiger partial charge < -0.3 is 4.98 Å². The standard InChI is InChI=1S/C20H17N5O2/c26-18(10-14-11-21-17-9-5-4-8-15(14)17)23-25-20(27)16-12-22-24-19(16)13-6-2-1-3-7-13/h1-9,11-12,21H,10H2,(H,22,24)(H,23,26)(H,25,27). The third-order valence-corrected chi connectivity index (χ3v) is 4.29. The maximum Gasteiger partial charge on any atom is 0.273 e. The third-order valence-electron chi connectivity index (χ3n) is 4.29. The van der Waals surface area contributed by atoms with Gasteiger partial charge in [-0.2, -0.15) is 5.10 Å². The molecule has 0 saturated heterocycles. The van der Waals surface area contributed by atoms with Crippen molar-refractivity contribution in [2.24, 2.45) is 0 Å². The van der Waals surface area contributed by atoms with Crippen LogP contribution in [0.2, 0.25) is 0 Å². The van der Waals surface area contributed by atoms with Crippen molar-refractivity contribution in [1.29, 1.82) is 0 Å². The van der Waals surface area contributed by atoms with E-state index in [1.54, 1.807) is 6.20 Å². The zero-order chi connectivity index (χ0) is 18.6. The Balaban J connectivity index is 1.41. The smallest absolute Gasteiger partial charge is 0.273 e. The molecule has 4 aromatic rings. The molecule has 27 heavy (non-hydrogen) atoms. The van der Waals surface area contributed by atoms with Crippen molar-refractivity contribution in [2.75, 3.05) is 0 Å². The van der Waals surface area contributed by atoms with Crippen LogP contribution in [0.5, 0.6) is 0 Å². The topological polar surface area (TPSA) is 103 Å². The lowest BCUT2D eigenvalue weighted by atomic mass is 10.1. The first-order chi connectivity index (χ1) is 13.2. The maximum atomic E-state index is 12.4. The molecule has 0 saturated carbocycles. The Labute approximate surface area is 154 Å². The zero-order valence-corrected chi connectivity index (χ0v) is 14.3. The van der Waals surface area contributed by atoms with Crippen molar-refractivity contribution in [3.05, 3.63) is 78.1 Å². The van der Waals surface area contributed by atoms with Gasteiger partial charge in [-0.15, -0.1) is 0 Å². The lowest BCUT2D eigenvalue weighted by Crippen LogP contribution is -2.42. The summed E-state index contributed by atoms with van der Waals surface area (Å²) in [5.41, 5.74) is 8.53. The molecule has 0 fully saturated rings. The van der Waals surface area contributed by atoms with Crippen LogP contribution < -0.4 is 10.9 Å². The molecular formula is C20H17N5O2. The van der Waals surface area contributed by atoms with E-state index < -0.39 is 5.91 Å². The molecule has 7 heteroatoms. The number of carbonyl (C=O) groups is 2. The van der Waals surface area contributed by atoms with E-state index in [0.29, 0.717) is 11.3 Å². The van der Waals surface area contributed by atoms with Gasteiger partial charge in [0.1, 0.15) is 0 Å². The van der Waals surface area contributed by atoms with Gasteiger partial charge in [0.25, 0.3) is 5.91 Å². The average Bonchev–Trinajstić information content (AvgIpc) is 3.35. The quantitative estimate of drug-likeness (QED) is 0.421. The van der Waals surface area contributed by atoms with Gasteiger partial charge in [0, 0.05) is 22.7 Å². The van der Waals surface area contributed by atoms with Gasteiger partial charge in [-0.3, -0.25) is 25.5 Å². The fraction of sp³-hybridized carbons (Fsp3) is 0.0500. The molecule has 4 N–H and O–H groups in total. The number of aromatic nitrogens is 3. The van der Waals surface area contributed by atoms with Crippen molar-refractivity contribution in [2.45, 2.75) is 6.42 Å². The number of nitrogens with zero attached hydrogens (tertiary/aromatic N) is 1. The first-order valence-electron chi connectivity index (χ1n) is 8.45. The van der Waals surface area contributed by atoms with Gasteiger partial charge in [0.05, 0.1) is 23.9 Å². The summed E-state index contributed by atoms with van der Waals surface area (Å²) >= 11 is 0. The average molecular weight is 359 g/mol. The number of nitrogens with one attached hydrogen (secondary N) is 4. The van der Waals surface area contributed by atoms with Gasteiger partial charge >= 0.3 is 0 Å². The minimum atomic E-state index is -0.435. The molecule has 7 nitrogen and oxygen atoms in total. The van der Waals surface area contributed by atoms with E-state index in [0.717, 1.165) is 22.0 Å². The molecule has 2 heterocycles. The van der Waals surface area contributed by atoms with Gasteiger partial charge in [-0.25, -0.2) is 0 Å². The summed E-state index contributed by atoms with van der Waals surface area (Å²) in [4.78, 5) is 27.8. The summed E-state index contributed by atoms with van der Waals surface area (Å²) in [5.74, 6) is -0.743. The Kier molecular flexibility index (Phi) is 4.40. The Bertz CT molecular complexity index is 1100. The second kappa shape index (κ2) is 7.17. The Morgan fingerprint density at radius 3 is 2.59 bits per heavy atom. The Morgan fingerprint density at radius 2 is 1.74 bits per heavy atom. The van der Waals surface area contributed by atoms with Crippen LogP contribution in [0.4, 0.5) is 0 Å². The SMILES string of the molecule is O=C(Cc1c[nH]c2ccccc12)NNC(=O)c1cn[nH]c1-c1ccccc1. The van der Waals surface area contributed by atoms with Crippen molar-refractivity contribution in [1.82, 2.24) is 26.0 Å². The fourth-order valence-electron chi connectivity index (χ4n) is 2.97. The van der Waals surface area contributed by atoms with Crippen LogP contribution >= 0.6 is 0 Å². The number of aromatic amines is 2. The largest absolute Gasteiger partial charge is 0.361 e. The zero-order valence-electron chi connectivity index (χ0n) is 14.3. The molecule has 0 aliphatic rings. The van der Waals surface area contributed by atoms with E-state index >= 15 is 0 Å². The number of hydrazine groups is 1. The highest BCUT2D eigenvalue weighted by atomic mass is 16.2. The predicted molar refractivity (Wildman–Crippen MR) is 102 cm³/mol. The monoisotopic (exact) mass is 359 g/mol. The predicted octanol–water partition coefficient (Wildman–Crippen LogP) is 2.56. The lowest BCUT2D eigenvalue weighted by Gasteiger charge is -2.07. The molecule has 2 aromatic carbocycles. The third kappa shape index (κ3) is 3.43. The first-order valence-corrected chi connectivity index (χ1v) is 8.45. The molecule has 0 spiro atoms. The van der Waals surface area contributed by atoms with Gasteiger partial charge in [0.15, 0.2) is 0 Å². The van der Waals surface area contributed by atoms with Crippen LogP contribution in [0, 0.1) is 0 Å². The summed E-state index contributed by atoms with van der Waals surface area (Å²) in [6.07, 6.45) is 3.39. The van der Waals surface area contributed by atoms with Crippen LogP contribution in [0.1, 0.15) is 15.9 Å². The number of carbonyl (C=O) groups excluding carboxylic acids is 2. The van der Waals surface area contributed by atoms with Crippen LogP contribution in [-0.2, 0) is 11.2 Å². The minimum absolute atomic E-state index is 0.154. The molecule has 4 rings (SSSR count). The summed E-state index contributed by atoms with van der Waals surface area (Å²) in [7, 11) is 0. The van der Waals surface area contributed by atoms with E-state index in [9.17, 15) is 9.59 Å². The maximum absolute atomic E-state index is 12.4. The molecule has 134 valence electrons. The van der Waals surface area contributed by atoms with Crippen LogP contribution in [0.15, 0.2) is 67.0 Å². The highest BCUT2D eigenvalue weighted by Gasteiger charge is 2.16. The van der Waals surface area contributed by atoms with E-state index in [2.05, 4.69) is 26.0 Å². The van der Waals surface area contributed by atoms with Crippen molar-refractivity contribution in [3.8, 4) is 11.3 Å². The summed E-state index contributed by atoms with van der Waals surface area (Å²) in [5, 5.41) is 7.74. The number of para-hydroxylation sites is 1. The minimum Gasteiger partial charge on any atom is -0.361 e. The molecule has 0 bridgehead atoms. The molecule has 2 amide bonds. The summed E-state index contributed by atoms with van der Waals surface area (Å²) in [6.45, 7) is 0. The number of benzene rings is 2. The number of rotatable bonds is 4. The fourth-order valence-corrected chi connectivity index (χ4v) is 2.97. The second-order valence-corrected chi connectivity index (χ2v) is 6.06. The molecule has 2 aromatic heterocycles. The van der Waals surface area contributed by atoms with Crippen LogP contribution in [-0.4, -0.2) is 27.0 Å². The highest BCUT2D eigenvalue weighted by Crippen LogP contribution is 2.20. The summed E-state index contributed by atoms with van der Waals surface area (Å²) < 4.78 is 0.